The number of benzene rings is 2. The van der Waals surface area contributed by atoms with Crippen LogP contribution in [-0.4, -0.2) is 23.7 Å². The number of nitro benzene ring substituents is 1. The summed E-state index contributed by atoms with van der Waals surface area (Å²) in [5.41, 5.74) is 1.34. The lowest BCUT2D eigenvalue weighted by Crippen LogP contribution is -2.15. The monoisotopic (exact) mass is 380 g/mol. The molecule has 0 bridgehead atoms. The van der Waals surface area contributed by atoms with E-state index in [0.717, 1.165) is 5.56 Å². The number of amides is 1. The van der Waals surface area contributed by atoms with Gasteiger partial charge in [-0.3, -0.25) is 14.9 Å². The Kier molecular flexibility index (Phi) is 6.66. The number of nitrogens with one attached hydrogen (secondary N) is 1. The van der Waals surface area contributed by atoms with Crippen molar-refractivity contribution in [2.75, 3.05) is 18.2 Å². The number of thioether (sulfide) groups is 1. The first-order valence-corrected chi connectivity index (χ1v) is 8.82. The fourth-order valence-corrected chi connectivity index (χ4v) is 3.14. The van der Waals surface area contributed by atoms with E-state index >= 15 is 0 Å². The molecule has 0 aliphatic heterocycles. The SMILES string of the molecule is COc1ccc(Cl)cc1NC(=O)CS[C@H](C)c1cccc([N+](=O)[O-])c1. The van der Waals surface area contributed by atoms with Crippen LogP contribution in [0.4, 0.5) is 11.4 Å². The van der Waals surface area contributed by atoms with E-state index in [2.05, 4.69) is 5.32 Å². The summed E-state index contributed by atoms with van der Waals surface area (Å²) in [5, 5.41) is 14.0. The maximum Gasteiger partial charge on any atom is 0.269 e. The van der Waals surface area contributed by atoms with E-state index in [1.54, 1.807) is 24.3 Å². The minimum atomic E-state index is -0.432. The third kappa shape index (κ3) is 5.37. The number of non-ortho nitro benzene ring substituents is 1. The summed E-state index contributed by atoms with van der Waals surface area (Å²) in [6.07, 6.45) is 0. The van der Waals surface area contributed by atoms with Crippen molar-refractivity contribution < 1.29 is 14.5 Å². The molecule has 0 radical (unpaired) electrons. The van der Waals surface area contributed by atoms with Gasteiger partial charge in [-0.1, -0.05) is 23.7 Å². The summed E-state index contributed by atoms with van der Waals surface area (Å²) in [6, 6.07) is 11.4. The Hall–Kier alpha value is -2.25. The van der Waals surface area contributed by atoms with E-state index in [1.165, 1.54) is 31.0 Å². The highest BCUT2D eigenvalue weighted by Crippen LogP contribution is 2.31. The van der Waals surface area contributed by atoms with Crippen molar-refractivity contribution in [3.63, 3.8) is 0 Å². The van der Waals surface area contributed by atoms with Crippen molar-refractivity contribution in [3.05, 3.63) is 63.2 Å². The van der Waals surface area contributed by atoms with Gasteiger partial charge in [0.25, 0.3) is 5.69 Å². The minimum absolute atomic E-state index is 0.0399. The Morgan fingerprint density at radius 1 is 1.36 bits per heavy atom. The molecular formula is C17H17ClN2O4S. The molecular weight excluding hydrogens is 364 g/mol. The number of nitrogens with zero attached hydrogens (tertiary/aromatic N) is 1. The van der Waals surface area contributed by atoms with Gasteiger partial charge in [-0.05, 0) is 30.7 Å². The van der Waals surface area contributed by atoms with Crippen LogP contribution in [0.3, 0.4) is 0 Å². The number of rotatable bonds is 7. The Morgan fingerprint density at radius 3 is 2.80 bits per heavy atom. The Labute approximate surface area is 154 Å². The van der Waals surface area contributed by atoms with Gasteiger partial charge in [-0.25, -0.2) is 0 Å². The van der Waals surface area contributed by atoms with Gasteiger partial charge in [-0.15, -0.1) is 11.8 Å². The van der Waals surface area contributed by atoms with Gasteiger partial charge in [0.05, 0.1) is 23.5 Å². The van der Waals surface area contributed by atoms with Crippen LogP contribution in [0, 0.1) is 10.1 Å². The number of anilines is 1. The van der Waals surface area contributed by atoms with Crippen LogP contribution < -0.4 is 10.1 Å². The molecule has 2 aromatic rings. The van der Waals surface area contributed by atoms with E-state index in [1.807, 2.05) is 13.0 Å². The lowest BCUT2D eigenvalue weighted by atomic mass is 10.1. The fourth-order valence-electron chi connectivity index (χ4n) is 2.15. The van der Waals surface area contributed by atoms with E-state index in [4.69, 9.17) is 16.3 Å². The number of halogens is 1. The van der Waals surface area contributed by atoms with Gasteiger partial charge in [0.2, 0.25) is 5.91 Å². The average molecular weight is 381 g/mol. The van der Waals surface area contributed by atoms with E-state index in [-0.39, 0.29) is 22.6 Å². The van der Waals surface area contributed by atoms with Crippen molar-refractivity contribution in [1.29, 1.82) is 0 Å². The molecule has 2 rings (SSSR count). The summed E-state index contributed by atoms with van der Waals surface area (Å²) in [7, 11) is 1.51. The van der Waals surface area contributed by atoms with Crippen LogP contribution in [0.15, 0.2) is 42.5 Å². The summed E-state index contributed by atoms with van der Waals surface area (Å²) in [6.45, 7) is 1.90. The number of hydrogen-bond acceptors (Lipinski definition) is 5. The number of nitro groups is 1. The van der Waals surface area contributed by atoms with Crippen molar-refractivity contribution in [3.8, 4) is 5.75 Å². The second-order valence-electron chi connectivity index (χ2n) is 5.20. The number of methoxy groups -OCH3 is 1. The van der Waals surface area contributed by atoms with Gasteiger partial charge in [0, 0.05) is 22.4 Å². The lowest BCUT2D eigenvalue weighted by Gasteiger charge is -2.13. The second kappa shape index (κ2) is 8.73. The molecule has 0 aromatic heterocycles. The van der Waals surface area contributed by atoms with Crippen LogP contribution in [0.5, 0.6) is 5.75 Å². The predicted molar refractivity (Wildman–Crippen MR) is 101 cm³/mol. The molecule has 2 aromatic carbocycles. The molecule has 0 saturated carbocycles. The zero-order valence-corrected chi connectivity index (χ0v) is 15.3. The molecule has 0 spiro atoms. The van der Waals surface area contributed by atoms with Crippen LogP contribution in [0.25, 0.3) is 0 Å². The predicted octanol–water partition coefficient (Wildman–Crippen LogP) is 4.69. The summed E-state index contributed by atoms with van der Waals surface area (Å²) in [5.74, 6) is 0.511. The number of hydrogen-bond donors (Lipinski definition) is 1. The Bertz CT molecular complexity index is 785. The van der Waals surface area contributed by atoms with Crippen LogP contribution >= 0.6 is 23.4 Å². The normalized spacial score (nSPS) is 11.6. The molecule has 132 valence electrons. The zero-order chi connectivity index (χ0) is 18.4. The average Bonchev–Trinajstić information content (AvgIpc) is 2.60. The molecule has 1 atom stereocenters. The van der Waals surface area contributed by atoms with Crippen molar-refractivity contribution in [1.82, 2.24) is 0 Å². The van der Waals surface area contributed by atoms with Crippen molar-refractivity contribution in [2.45, 2.75) is 12.2 Å². The summed E-state index contributed by atoms with van der Waals surface area (Å²) < 4.78 is 5.19. The highest BCUT2D eigenvalue weighted by molar-refractivity contribution is 8.00. The molecule has 1 amide bonds. The first-order chi connectivity index (χ1) is 11.9. The molecule has 0 saturated heterocycles. The zero-order valence-electron chi connectivity index (χ0n) is 13.7. The van der Waals surface area contributed by atoms with Crippen LogP contribution in [-0.2, 0) is 4.79 Å². The highest BCUT2D eigenvalue weighted by atomic mass is 35.5. The fraction of sp³-hybridized carbons (Fsp3) is 0.235. The molecule has 1 N–H and O–H groups in total. The van der Waals surface area contributed by atoms with Crippen LogP contribution in [0.2, 0.25) is 5.02 Å². The number of ether oxygens (including phenoxy) is 1. The molecule has 0 fully saturated rings. The molecule has 0 aliphatic rings. The van der Waals surface area contributed by atoms with Crippen LogP contribution in [0.1, 0.15) is 17.7 Å². The number of carbonyl (C=O) groups excluding carboxylic acids is 1. The smallest absolute Gasteiger partial charge is 0.269 e. The van der Waals surface area contributed by atoms with Gasteiger partial charge in [0.15, 0.2) is 0 Å². The molecule has 6 nitrogen and oxygen atoms in total. The molecule has 0 aliphatic carbocycles. The third-order valence-electron chi connectivity index (χ3n) is 3.45. The summed E-state index contributed by atoms with van der Waals surface area (Å²) in [4.78, 5) is 22.6. The molecule has 25 heavy (non-hydrogen) atoms. The van der Waals surface area contributed by atoms with Gasteiger partial charge in [-0.2, -0.15) is 0 Å². The molecule has 8 heteroatoms. The maximum absolute atomic E-state index is 12.2. The van der Waals surface area contributed by atoms with Gasteiger partial charge < -0.3 is 10.1 Å². The Morgan fingerprint density at radius 2 is 2.12 bits per heavy atom. The largest absolute Gasteiger partial charge is 0.495 e. The first kappa shape index (κ1) is 19.1. The van der Waals surface area contributed by atoms with Gasteiger partial charge >= 0.3 is 0 Å². The number of carbonyl (C=O) groups is 1. The minimum Gasteiger partial charge on any atom is -0.495 e. The second-order valence-corrected chi connectivity index (χ2v) is 6.96. The molecule has 0 unspecified atom stereocenters. The first-order valence-electron chi connectivity index (χ1n) is 7.40. The molecule has 0 heterocycles. The van der Waals surface area contributed by atoms with E-state index in [0.29, 0.717) is 16.5 Å². The third-order valence-corrected chi connectivity index (χ3v) is 4.89. The van der Waals surface area contributed by atoms with E-state index in [9.17, 15) is 14.9 Å². The highest BCUT2D eigenvalue weighted by Gasteiger charge is 2.14. The van der Waals surface area contributed by atoms with Crippen molar-refractivity contribution in [2.24, 2.45) is 0 Å². The van der Waals surface area contributed by atoms with E-state index < -0.39 is 4.92 Å². The topological polar surface area (TPSA) is 81.5 Å². The standard InChI is InChI=1S/C17H17ClN2O4S/c1-11(12-4-3-5-14(8-12)20(22)23)25-10-17(21)19-15-9-13(18)6-7-16(15)24-2/h3-9,11H,10H2,1-2H3,(H,19,21)/t11-/m1/s1. The maximum atomic E-state index is 12.2. The summed E-state index contributed by atoms with van der Waals surface area (Å²) >= 11 is 7.32. The quantitative estimate of drug-likeness (QED) is 0.556. The Balaban J connectivity index is 1.97. The van der Waals surface area contributed by atoms with Gasteiger partial charge in [0.1, 0.15) is 5.75 Å². The van der Waals surface area contributed by atoms with Crippen molar-refractivity contribution >= 4 is 40.6 Å². The lowest BCUT2D eigenvalue weighted by molar-refractivity contribution is -0.384.